The van der Waals surface area contributed by atoms with Crippen molar-refractivity contribution in [1.82, 2.24) is 14.5 Å². The lowest BCUT2D eigenvalue weighted by molar-refractivity contribution is 0.773. The van der Waals surface area contributed by atoms with Crippen LogP contribution < -0.4 is 16.6 Å². The molecule has 0 unspecified atom stereocenters. The summed E-state index contributed by atoms with van der Waals surface area (Å²) in [6.07, 6.45) is 1.59. The Labute approximate surface area is 166 Å². The molecule has 1 atom stereocenters. The van der Waals surface area contributed by atoms with Crippen molar-refractivity contribution < 1.29 is 0 Å². The Hall–Kier alpha value is -3.38. The summed E-state index contributed by atoms with van der Waals surface area (Å²) < 4.78 is 1.68. The lowest BCUT2D eigenvalue weighted by Crippen LogP contribution is -2.25. The fourth-order valence-electron chi connectivity index (χ4n) is 3.25. The van der Waals surface area contributed by atoms with Crippen molar-refractivity contribution >= 4 is 34.1 Å². The number of nitrogens with two attached hydrogens (primary N) is 1. The summed E-state index contributed by atoms with van der Waals surface area (Å²) in [7, 11) is 0. The number of nitrogen functional groups attached to an aromatic ring is 1. The van der Waals surface area contributed by atoms with E-state index in [0.29, 0.717) is 16.2 Å². The van der Waals surface area contributed by atoms with Gasteiger partial charge in [-0.2, -0.15) is 4.98 Å². The Morgan fingerprint density at radius 1 is 1.11 bits per heavy atom. The largest absolute Gasteiger partial charge is 0.368 e. The summed E-state index contributed by atoms with van der Waals surface area (Å²) in [4.78, 5) is 21.5. The van der Waals surface area contributed by atoms with Gasteiger partial charge in [0.1, 0.15) is 5.82 Å². The Morgan fingerprint density at radius 3 is 2.64 bits per heavy atom. The Bertz CT molecular complexity index is 1210. The fraction of sp³-hybridized carbons (Fsp3) is 0.0952. The molecule has 0 fully saturated rings. The Morgan fingerprint density at radius 2 is 1.89 bits per heavy atom. The molecule has 4 aromatic rings. The highest BCUT2D eigenvalue weighted by Crippen LogP contribution is 2.26. The summed E-state index contributed by atoms with van der Waals surface area (Å²) in [6, 6.07) is 18.4. The lowest BCUT2D eigenvalue weighted by atomic mass is 10.1. The number of hydrogen-bond donors (Lipinski definition) is 2. The van der Waals surface area contributed by atoms with Gasteiger partial charge in [0.25, 0.3) is 5.56 Å². The summed E-state index contributed by atoms with van der Waals surface area (Å²) in [5.74, 6) is 0.765. The van der Waals surface area contributed by atoms with Crippen molar-refractivity contribution in [3.63, 3.8) is 0 Å². The molecule has 0 radical (unpaired) electrons. The van der Waals surface area contributed by atoms with Crippen molar-refractivity contribution in [1.29, 1.82) is 0 Å². The van der Waals surface area contributed by atoms with Gasteiger partial charge in [-0.3, -0.25) is 9.36 Å². The van der Waals surface area contributed by atoms with E-state index in [0.717, 1.165) is 16.8 Å². The number of aromatic nitrogens is 3. The van der Waals surface area contributed by atoms with Gasteiger partial charge in [-0.15, -0.1) is 0 Å². The van der Waals surface area contributed by atoms with Crippen molar-refractivity contribution in [2.45, 2.75) is 13.0 Å². The number of nitrogens with zero attached hydrogens (tertiary/aromatic N) is 3. The molecular formula is C21H18ClN5O. The van der Waals surface area contributed by atoms with Gasteiger partial charge in [-0.1, -0.05) is 41.9 Å². The molecule has 28 heavy (non-hydrogen) atoms. The van der Waals surface area contributed by atoms with Gasteiger partial charge in [-0.25, -0.2) is 4.98 Å². The molecule has 0 spiro atoms. The van der Waals surface area contributed by atoms with Crippen LogP contribution in [0.25, 0.3) is 16.5 Å². The summed E-state index contributed by atoms with van der Waals surface area (Å²) in [5, 5.41) is 5.01. The Balaban J connectivity index is 1.92. The molecule has 2 heterocycles. The van der Waals surface area contributed by atoms with Crippen LogP contribution in [-0.2, 0) is 0 Å². The van der Waals surface area contributed by atoms with Crippen LogP contribution in [0.5, 0.6) is 0 Å². The molecule has 2 aromatic carbocycles. The second-order valence-electron chi connectivity index (χ2n) is 6.42. The van der Waals surface area contributed by atoms with Crippen molar-refractivity contribution in [2.75, 3.05) is 11.1 Å². The molecular weight excluding hydrogens is 374 g/mol. The highest BCUT2D eigenvalue weighted by molar-refractivity contribution is 6.35. The van der Waals surface area contributed by atoms with Crippen LogP contribution >= 0.6 is 11.6 Å². The molecule has 0 saturated carbocycles. The quantitative estimate of drug-likeness (QED) is 0.544. The van der Waals surface area contributed by atoms with E-state index >= 15 is 0 Å². The second kappa shape index (κ2) is 7.32. The second-order valence-corrected chi connectivity index (χ2v) is 6.82. The molecule has 6 nitrogen and oxygen atoms in total. The minimum absolute atomic E-state index is 0.167. The van der Waals surface area contributed by atoms with E-state index in [1.807, 2.05) is 55.5 Å². The number of hydrogen-bond acceptors (Lipinski definition) is 5. The number of halogens is 1. The third kappa shape index (κ3) is 3.30. The maximum Gasteiger partial charge on any atom is 0.264 e. The highest BCUT2D eigenvalue weighted by Gasteiger charge is 2.18. The Kier molecular flexibility index (Phi) is 4.71. The van der Waals surface area contributed by atoms with Crippen LogP contribution in [0.1, 0.15) is 18.7 Å². The third-order valence-corrected chi connectivity index (χ3v) is 4.84. The van der Waals surface area contributed by atoms with Gasteiger partial charge in [-0.05, 0) is 42.6 Å². The van der Waals surface area contributed by atoms with Crippen LogP contribution in [0.3, 0.4) is 0 Å². The number of benzene rings is 2. The van der Waals surface area contributed by atoms with Crippen LogP contribution in [0.4, 0.5) is 11.8 Å². The summed E-state index contributed by atoms with van der Waals surface area (Å²) >= 11 is 6.34. The smallest absolute Gasteiger partial charge is 0.264 e. The van der Waals surface area contributed by atoms with E-state index in [-0.39, 0.29) is 17.5 Å². The number of para-hydroxylation sites is 1. The number of fused-ring (bicyclic) bond motifs is 1. The molecule has 0 saturated heterocycles. The van der Waals surface area contributed by atoms with Gasteiger partial charge >= 0.3 is 0 Å². The predicted molar refractivity (Wildman–Crippen MR) is 113 cm³/mol. The van der Waals surface area contributed by atoms with Crippen LogP contribution in [0.15, 0.2) is 71.7 Å². The van der Waals surface area contributed by atoms with E-state index in [1.54, 1.807) is 22.9 Å². The molecule has 0 aliphatic rings. The van der Waals surface area contributed by atoms with E-state index in [4.69, 9.17) is 17.3 Å². The molecule has 4 rings (SSSR count). The van der Waals surface area contributed by atoms with Crippen LogP contribution in [-0.4, -0.2) is 14.5 Å². The van der Waals surface area contributed by atoms with Gasteiger partial charge in [0.15, 0.2) is 0 Å². The minimum atomic E-state index is -0.231. The molecule has 0 amide bonds. The summed E-state index contributed by atoms with van der Waals surface area (Å²) in [6.45, 7) is 1.96. The molecule has 0 aliphatic carbocycles. The summed E-state index contributed by atoms with van der Waals surface area (Å²) in [5.41, 5.74) is 7.06. The van der Waals surface area contributed by atoms with Crippen molar-refractivity contribution in [3.8, 4) is 5.69 Å². The van der Waals surface area contributed by atoms with Gasteiger partial charge in [0, 0.05) is 17.6 Å². The average molecular weight is 392 g/mol. The zero-order valence-corrected chi connectivity index (χ0v) is 15.9. The van der Waals surface area contributed by atoms with Gasteiger partial charge in [0.2, 0.25) is 5.95 Å². The fourth-order valence-corrected chi connectivity index (χ4v) is 3.51. The predicted octanol–water partition coefficient (Wildman–Crippen LogP) is 4.19. The first-order valence-electron chi connectivity index (χ1n) is 8.79. The molecule has 7 heteroatoms. The first kappa shape index (κ1) is 18.0. The first-order valence-corrected chi connectivity index (χ1v) is 9.17. The van der Waals surface area contributed by atoms with E-state index in [1.165, 1.54) is 0 Å². The van der Waals surface area contributed by atoms with Crippen molar-refractivity contribution in [3.05, 3.63) is 87.9 Å². The van der Waals surface area contributed by atoms with Crippen LogP contribution in [0, 0.1) is 0 Å². The lowest BCUT2D eigenvalue weighted by Gasteiger charge is -2.21. The topological polar surface area (TPSA) is 85.8 Å². The minimum Gasteiger partial charge on any atom is -0.368 e. The van der Waals surface area contributed by atoms with E-state index in [2.05, 4.69) is 15.3 Å². The zero-order chi connectivity index (χ0) is 19.7. The SMILES string of the molecule is C[C@H](Nc1ccnc(N)n1)c1cc2cccc(Cl)c2c(=O)n1-c1ccccc1. The molecule has 0 bridgehead atoms. The molecule has 2 aromatic heterocycles. The standard InChI is InChI=1S/C21H18ClN5O/c1-13(25-18-10-11-24-21(23)26-18)17-12-14-6-5-9-16(22)19(14)20(28)27(17)15-7-3-2-4-8-15/h2-13H,1H3,(H3,23,24,25,26)/t13-/m0/s1. The normalized spacial score (nSPS) is 12.1. The maximum atomic E-state index is 13.4. The van der Waals surface area contributed by atoms with E-state index in [9.17, 15) is 4.79 Å². The zero-order valence-electron chi connectivity index (χ0n) is 15.1. The molecule has 3 N–H and O–H groups in total. The van der Waals surface area contributed by atoms with E-state index < -0.39 is 0 Å². The third-order valence-electron chi connectivity index (χ3n) is 4.52. The highest BCUT2D eigenvalue weighted by atomic mass is 35.5. The number of rotatable bonds is 4. The first-order chi connectivity index (χ1) is 13.5. The van der Waals surface area contributed by atoms with Gasteiger partial charge in [0.05, 0.1) is 16.5 Å². The van der Waals surface area contributed by atoms with Gasteiger partial charge < -0.3 is 11.1 Å². The van der Waals surface area contributed by atoms with Crippen LogP contribution in [0.2, 0.25) is 5.02 Å². The number of anilines is 2. The number of nitrogens with one attached hydrogen (secondary N) is 1. The molecule has 140 valence electrons. The maximum absolute atomic E-state index is 13.4. The average Bonchev–Trinajstić information content (AvgIpc) is 2.68. The monoisotopic (exact) mass is 391 g/mol. The van der Waals surface area contributed by atoms with Crippen molar-refractivity contribution in [2.24, 2.45) is 0 Å². The molecule has 0 aliphatic heterocycles. The number of pyridine rings is 1.